The first-order chi connectivity index (χ1) is 11.5. The minimum atomic E-state index is -0.143. The lowest BCUT2D eigenvalue weighted by Gasteiger charge is -2.14. The van der Waals surface area contributed by atoms with Crippen LogP contribution in [0.4, 0.5) is 0 Å². The average Bonchev–Trinajstić information content (AvgIpc) is 2.90. The zero-order valence-corrected chi connectivity index (χ0v) is 14.9. The van der Waals surface area contributed by atoms with Crippen LogP contribution in [0, 0.1) is 19.8 Å². The second kappa shape index (κ2) is 7.86. The quantitative estimate of drug-likeness (QED) is 0.817. The zero-order chi connectivity index (χ0) is 17.7. The van der Waals surface area contributed by atoms with E-state index >= 15 is 0 Å². The molecule has 1 heterocycles. The van der Waals surface area contributed by atoms with E-state index in [4.69, 9.17) is 9.47 Å². The summed E-state index contributed by atoms with van der Waals surface area (Å²) in [5, 5.41) is 10.0. The van der Waals surface area contributed by atoms with Crippen molar-refractivity contribution in [3.63, 3.8) is 0 Å². The smallest absolute Gasteiger partial charge is 0.223 e. The van der Waals surface area contributed by atoms with Gasteiger partial charge in [0.15, 0.2) is 11.5 Å². The highest BCUT2D eigenvalue weighted by molar-refractivity contribution is 5.78. The molecule has 0 aliphatic carbocycles. The molecule has 0 aliphatic rings. The number of ether oxygens (including phenoxy) is 2. The largest absolute Gasteiger partial charge is 0.493 e. The van der Waals surface area contributed by atoms with Crippen LogP contribution in [0.5, 0.6) is 11.5 Å². The molecule has 130 valence electrons. The molecule has 1 aromatic heterocycles. The Morgan fingerprint density at radius 1 is 1.25 bits per heavy atom. The molecule has 1 atom stereocenters. The van der Waals surface area contributed by atoms with Crippen LogP contribution in [0.2, 0.25) is 0 Å². The number of aromatic nitrogens is 2. The normalized spacial score (nSPS) is 11.9. The van der Waals surface area contributed by atoms with Crippen LogP contribution in [0.3, 0.4) is 0 Å². The number of nitrogens with one attached hydrogen (secondary N) is 2. The summed E-state index contributed by atoms with van der Waals surface area (Å²) in [7, 11) is 3.21. The highest BCUT2D eigenvalue weighted by Crippen LogP contribution is 2.28. The number of aromatic amines is 1. The Bertz CT molecular complexity index is 690. The maximum Gasteiger partial charge on any atom is 0.223 e. The number of rotatable bonds is 7. The number of H-pyrrole nitrogens is 1. The molecule has 0 fully saturated rings. The monoisotopic (exact) mass is 331 g/mol. The van der Waals surface area contributed by atoms with E-state index in [0.717, 1.165) is 22.5 Å². The number of methoxy groups -OCH3 is 2. The number of benzene rings is 1. The SMILES string of the molecule is COc1ccc(CC(C)C(=O)NCc2c(C)n[nH]c2C)cc1OC. The first-order valence-electron chi connectivity index (χ1n) is 7.95. The van der Waals surface area contributed by atoms with Crippen LogP contribution < -0.4 is 14.8 Å². The molecule has 2 rings (SSSR count). The van der Waals surface area contributed by atoms with E-state index in [0.29, 0.717) is 24.5 Å². The van der Waals surface area contributed by atoms with Crippen molar-refractivity contribution >= 4 is 5.91 Å². The average molecular weight is 331 g/mol. The maximum absolute atomic E-state index is 12.3. The van der Waals surface area contributed by atoms with Crippen molar-refractivity contribution in [1.29, 1.82) is 0 Å². The van der Waals surface area contributed by atoms with Crippen molar-refractivity contribution in [1.82, 2.24) is 15.5 Å². The van der Waals surface area contributed by atoms with Gasteiger partial charge in [-0.05, 0) is 38.0 Å². The summed E-state index contributed by atoms with van der Waals surface area (Å²) >= 11 is 0. The topological polar surface area (TPSA) is 76.2 Å². The van der Waals surface area contributed by atoms with E-state index in [1.165, 1.54) is 0 Å². The second-order valence-electron chi connectivity index (χ2n) is 5.92. The number of amides is 1. The van der Waals surface area contributed by atoms with Gasteiger partial charge in [0.05, 0.1) is 19.9 Å². The van der Waals surface area contributed by atoms with Crippen molar-refractivity contribution < 1.29 is 14.3 Å². The molecule has 0 radical (unpaired) electrons. The molecule has 2 N–H and O–H groups in total. The molecule has 2 aromatic rings. The molecule has 0 bridgehead atoms. The minimum absolute atomic E-state index is 0.0183. The van der Waals surface area contributed by atoms with Crippen LogP contribution in [-0.4, -0.2) is 30.3 Å². The third kappa shape index (κ3) is 4.07. The maximum atomic E-state index is 12.3. The van der Waals surface area contributed by atoms with Gasteiger partial charge < -0.3 is 14.8 Å². The number of nitrogens with zero attached hydrogens (tertiary/aromatic N) is 1. The molecule has 6 nitrogen and oxygen atoms in total. The van der Waals surface area contributed by atoms with Gasteiger partial charge in [-0.3, -0.25) is 9.89 Å². The Hall–Kier alpha value is -2.50. The van der Waals surface area contributed by atoms with Gasteiger partial charge in [-0.15, -0.1) is 0 Å². The van der Waals surface area contributed by atoms with Crippen molar-refractivity contribution in [3.8, 4) is 11.5 Å². The summed E-state index contributed by atoms with van der Waals surface area (Å²) < 4.78 is 10.5. The molecular formula is C18H25N3O3. The summed E-state index contributed by atoms with van der Waals surface area (Å²) in [4.78, 5) is 12.3. The summed E-state index contributed by atoms with van der Waals surface area (Å²) in [6.07, 6.45) is 0.634. The molecule has 1 unspecified atom stereocenters. The standard InChI is InChI=1S/C18H25N3O3/c1-11(8-14-6-7-16(23-4)17(9-14)24-5)18(22)19-10-15-12(2)20-21-13(15)3/h6-7,9,11H,8,10H2,1-5H3,(H,19,22)(H,20,21). The van der Waals surface area contributed by atoms with E-state index in [1.807, 2.05) is 39.0 Å². The number of hydrogen-bond acceptors (Lipinski definition) is 4. The molecule has 0 saturated heterocycles. The van der Waals surface area contributed by atoms with Crippen molar-refractivity contribution in [2.45, 2.75) is 33.7 Å². The van der Waals surface area contributed by atoms with Crippen LogP contribution in [0.25, 0.3) is 0 Å². The summed E-state index contributed by atoms with van der Waals surface area (Å²) in [6.45, 7) is 6.29. The first kappa shape index (κ1) is 17.8. The third-order valence-corrected chi connectivity index (χ3v) is 4.16. The highest BCUT2D eigenvalue weighted by atomic mass is 16.5. The van der Waals surface area contributed by atoms with Crippen LogP contribution in [0.1, 0.15) is 29.4 Å². The van der Waals surface area contributed by atoms with Crippen LogP contribution in [0.15, 0.2) is 18.2 Å². The fraction of sp³-hybridized carbons (Fsp3) is 0.444. The second-order valence-corrected chi connectivity index (χ2v) is 5.92. The van der Waals surface area contributed by atoms with Gasteiger partial charge in [-0.2, -0.15) is 5.10 Å². The predicted octanol–water partition coefficient (Wildman–Crippen LogP) is 2.54. The Morgan fingerprint density at radius 3 is 2.54 bits per heavy atom. The van der Waals surface area contributed by atoms with Crippen LogP contribution >= 0.6 is 0 Å². The van der Waals surface area contributed by atoms with Gasteiger partial charge in [0.25, 0.3) is 0 Å². The van der Waals surface area contributed by atoms with E-state index in [2.05, 4.69) is 15.5 Å². The minimum Gasteiger partial charge on any atom is -0.493 e. The van der Waals surface area contributed by atoms with Gasteiger partial charge in [-0.25, -0.2) is 0 Å². The van der Waals surface area contributed by atoms with Gasteiger partial charge >= 0.3 is 0 Å². The molecular weight excluding hydrogens is 306 g/mol. The Kier molecular flexibility index (Phi) is 5.84. The van der Waals surface area contributed by atoms with Gasteiger partial charge in [0, 0.05) is 23.7 Å². The van der Waals surface area contributed by atoms with Crippen molar-refractivity contribution in [2.24, 2.45) is 5.92 Å². The van der Waals surface area contributed by atoms with Crippen molar-refractivity contribution in [2.75, 3.05) is 14.2 Å². The number of carbonyl (C=O) groups is 1. The van der Waals surface area contributed by atoms with Crippen molar-refractivity contribution in [3.05, 3.63) is 40.7 Å². The van der Waals surface area contributed by atoms with Gasteiger partial charge in [0.1, 0.15) is 0 Å². The summed E-state index contributed by atoms with van der Waals surface area (Å²) in [5.41, 5.74) is 3.98. The van der Waals surface area contributed by atoms with E-state index < -0.39 is 0 Å². The lowest BCUT2D eigenvalue weighted by molar-refractivity contribution is -0.124. The first-order valence-corrected chi connectivity index (χ1v) is 7.95. The lowest BCUT2D eigenvalue weighted by atomic mass is 10.00. The molecule has 0 spiro atoms. The van der Waals surface area contributed by atoms with Gasteiger partial charge in [0.2, 0.25) is 5.91 Å². The van der Waals surface area contributed by atoms with Gasteiger partial charge in [-0.1, -0.05) is 13.0 Å². The molecule has 6 heteroatoms. The third-order valence-electron chi connectivity index (χ3n) is 4.16. The molecule has 0 saturated carbocycles. The molecule has 0 aliphatic heterocycles. The molecule has 24 heavy (non-hydrogen) atoms. The zero-order valence-electron chi connectivity index (χ0n) is 14.9. The summed E-state index contributed by atoms with van der Waals surface area (Å²) in [5.74, 6) is 1.23. The summed E-state index contributed by atoms with van der Waals surface area (Å²) in [6, 6.07) is 5.72. The van der Waals surface area contributed by atoms with E-state index in [1.54, 1.807) is 14.2 Å². The Balaban J connectivity index is 1.96. The molecule has 1 aromatic carbocycles. The van der Waals surface area contributed by atoms with Crippen LogP contribution in [-0.2, 0) is 17.8 Å². The Morgan fingerprint density at radius 2 is 1.96 bits per heavy atom. The number of carbonyl (C=O) groups excluding carboxylic acids is 1. The number of aryl methyl sites for hydroxylation is 2. The molecule has 1 amide bonds. The van der Waals surface area contributed by atoms with E-state index in [9.17, 15) is 4.79 Å². The lowest BCUT2D eigenvalue weighted by Crippen LogP contribution is -2.30. The fourth-order valence-corrected chi connectivity index (χ4v) is 2.64. The number of hydrogen-bond donors (Lipinski definition) is 2. The predicted molar refractivity (Wildman–Crippen MR) is 92.3 cm³/mol. The van der Waals surface area contributed by atoms with E-state index in [-0.39, 0.29) is 11.8 Å². The Labute approximate surface area is 142 Å². The fourth-order valence-electron chi connectivity index (χ4n) is 2.64. The highest BCUT2D eigenvalue weighted by Gasteiger charge is 2.16.